The summed E-state index contributed by atoms with van der Waals surface area (Å²) in [6.45, 7) is 4.35. The summed E-state index contributed by atoms with van der Waals surface area (Å²) < 4.78 is 0. The van der Waals surface area contributed by atoms with Crippen molar-refractivity contribution in [3.8, 4) is 0 Å². The monoisotopic (exact) mass is 270 g/mol. The number of benzene rings is 1. The molecule has 1 N–H and O–H groups in total. The molecule has 1 aromatic rings. The molecule has 94 valence electrons. The molecule has 1 aliphatic heterocycles. The maximum absolute atomic E-state index is 6.39. The zero-order valence-electron chi connectivity index (χ0n) is 10.4. The van der Waals surface area contributed by atoms with Crippen LogP contribution in [0.2, 0.25) is 5.02 Å². The highest BCUT2D eigenvalue weighted by Crippen LogP contribution is 2.30. The van der Waals surface area contributed by atoms with Crippen molar-refractivity contribution in [3.05, 3.63) is 28.8 Å². The molecule has 0 saturated carbocycles. The summed E-state index contributed by atoms with van der Waals surface area (Å²) in [7, 11) is 1.97. The maximum Gasteiger partial charge on any atom is 0.0642 e. The fraction of sp³-hybridized carbons (Fsp3) is 0.538. The fourth-order valence-electron chi connectivity index (χ4n) is 2.02. The van der Waals surface area contributed by atoms with Crippen molar-refractivity contribution in [2.75, 3.05) is 36.5 Å². The molecule has 4 heteroatoms. The lowest BCUT2D eigenvalue weighted by Gasteiger charge is -2.29. The van der Waals surface area contributed by atoms with Crippen LogP contribution in [-0.4, -0.2) is 31.6 Å². The maximum atomic E-state index is 6.39. The molecule has 0 aliphatic carbocycles. The van der Waals surface area contributed by atoms with Crippen molar-refractivity contribution in [2.24, 2.45) is 0 Å². The predicted octanol–water partition coefficient (Wildman–Crippen LogP) is 3.17. The molecule has 1 atom stereocenters. The summed E-state index contributed by atoms with van der Waals surface area (Å²) in [6.07, 6.45) is 0. The van der Waals surface area contributed by atoms with Crippen LogP contribution in [0.25, 0.3) is 0 Å². The second-order valence-electron chi connectivity index (χ2n) is 4.32. The Balaban J connectivity index is 2.18. The summed E-state index contributed by atoms with van der Waals surface area (Å²) in [6, 6.07) is 6.75. The minimum absolute atomic E-state index is 0.346. The van der Waals surface area contributed by atoms with Crippen molar-refractivity contribution in [3.63, 3.8) is 0 Å². The van der Waals surface area contributed by atoms with Crippen LogP contribution in [0.4, 0.5) is 5.69 Å². The van der Waals surface area contributed by atoms with Crippen molar-refractivity contribution in [1.82, 2.24) is 5.32 Å². The van der Waals surface area contributed by atoms with Gasteiger partial charge < -0.3 is 10.2 Å². The first-order valence-corrected chi connectivity index (χ1v) is 7.55. The standard InChI is InChI=1S/C13H19ClN2S/c1-10(15-2)11-3-4-13(12(14)9-11)16-5-7-17-8-6-16/h3-4,9-10,15H,5-8H2,1-2H3. The topological polar surface area (TPSA) is 15.3 Å². The van der Waals surface area contributed by atoms with E-state index >= 15 is 0 Å². The Kier molecular flexibility index (Phi) is 4.60. The molecular formula is C13H19ClN2S. The summed E-state index contributed by atoms with van der Waals surface area (Å²) in [5.74, 6) is 2.40. The van der Waals surface area contributed by atoms with Crippen LogP contribution in [-0.2, 0) is 0 Å². The first-order valence-electron chi connectivity index (χ1n) is 6.02. The van der Waals surface area contributed by atoms with Crippen LogP contribution in [0.3, 0.4) is 0 Å². The van der Waals surface area contributed by atoms with Gasteiger partial charge in [0.05, 0.1) is 10.7 Å². The van der Waals surface area contributed by atoms with Gasteiger partial charge in [0.15, 0.2) is 0 Å². The third-order valence-electron chi connectivity index (χ3n) is 3.26. The molecule has 1 aromatic carbocycles. The van der Waals surface area contributed by atoms with E-state index in [2.05, 4.69) is 35.3 Å². The number of hydrogen-bond donors (Lipinski definition) is 1. The predicted molar refractivity (Wildman–Crippen MR) is 78.5 cm³/mol. The summed E-state index contributed by atoms with van der Waals surface area (Å²) in [4.78, 5) is 2.38. The van der Waals surface area contributed by atoms with Gasteiger partial charge in [-0.05, 0) is 31.7 Å². The molecule has 0 aromatic heterocycles. The van der Waals surface area contributed by atoms with Gasteiger partial charge in [-0.1, -0.05) is 17.7 Å². The molecule has 0 spiro atoms. The third-order valence-corrected chi connectivity index (χ3v) is 4.50. The van der Waals surface area contributed by atoms with E-state index in [0.29, 0.717) is 6.04 Å². The lowest BCUT2D eigenvalue weighted by Crippen LogP contribution is -2.32. The van der Waals surface area contributed by atoms with Crippen molar-refractivity contribution in [1.29, 1.82) is 0 Å². The quantitative estimate of drug-likeness (QED) is 0.908. The smallest absolute Gasteiger partial charge is 0.0642 e. The first-order chi connectivity index (χ1) is 8.22. The van der Waals surface area contributed by atoms with Crippen molar-refractivity contribution < 1.29 is 0 Å². The molecule has 1 heterocycles. The SMILES string of the molecule is CNC(C)c1ccc(N2CCSCC2)c(Cl)c1. The molecule has 17 heavy (non-hydrogen) atoms. The van der Waals surface area contributed by atoms with E-state index in [1.54, 1.807) is 0 Å². The van der Waals surface area contributed by atoms with Crippen LogP contribution in [0.5, 0.6) is 0 Å². The Labute approximate surface area is 113 Å². The van der Waals surface area contributed by atoms with Gasteiger partial charge in [-0.15, -0.1) is 0 Å². The molecule has 1 fully saturated rings. The lowest BCUT2D eigenvalue weighted by atomic mass is 10.1. The Morgan fingerprint density at radius 1 is 1.35 bits per heavy atom. The van der Waals surface area contributed by atoms with E-state index in [4.69, 9.17) is 11.6 Å². The molecule has 1 saturated heterocycles. The second-order valence-corrected chi connectivity index (χ2v) is 5.95. The number of hydrogen-bond acceptors (Lipinski definition) is 3. The molecule has 2 nitrogen and oxygen atoms in total. The molecule has 0 amide bonds. The highest BCUT2D eigenvalue weighted by Gasteiger charge is 2.15. The number of nitrogens with one attached hydrogen (secondary N) is 1. The van der Waals surface area contributed by atoms with Gasteiger partial charge in [0.2, 0.25) is 0 Å². The van der Waals surface area contributed by atoms with Crippen molar-refractivity contribution in [2.45, 2.75) is 13.0 Å². The van der Waals surface area contributed by atoms with Crippen LogP contribution >= 0.6 is 23.4 Å². The Hall–Kier alpha value is -0.380. The number of rotatable bonds is 3. The minimum atomic E-state index is 0.346. The average molecular weight is 271 g/mol. The summed E-state index contributed by atoms with van der Waals surface area (Å²) in [5, 5.41) is 4.10. The molecular weight excluding hydrogens is 252 g/mol. The minimum Gasteiger partial charge on any atom is -0.369 e. The highest BCUT2D eigenvalue weighted by atomic mass is 35.5. The molecule has 0 bridgehead atoms. The Morgan fingerprint density at radius 3 is 2.65 bits per heavy atom. The first kappa shape index (κ1) is 13.1. The Bertz CT molecular complexity index is 378. The molecule has 1 aliphatic rings. The zero-order valence-corrected chi connectivity index (χ0v) is 11.9. The van der Waals surface area contributed by atoms with Gasteiger partial charge >= 0.3 is 0 Å². The van der Waals surface area contributed by atoms with Gasteiger partial charge in [-0.3, -0.25) is 0 Å². The number of nitrogens with zero attached hydrogens (tertiary/aromatic N) is 1. The highest BCUT2D eigenvalue weighted by molar-refractivity contribution is 7.99. The normalized spacial score (nSPS) is 18.2. The summed E-state index contributed by atoms with van der Waals surface area (Å²) in [5.41, 5.74) is 2.42. The van der Waals surface area contributed by atoms with E-state index in [1.165, 1.54) is 22.8 Å². The average Bonchev–Trinajstić information content (AvgIpc) is 2.38. The van der Waals surface area contributed by atoms with Gasteiger partial charge in [-0.2, -0.15) is 11.8 Å². The largest absolute Gasteiger partial charge is 0.369 e. The van der Waals surface area contributed by atoms with Crippen LogP contribution in [0.1, 0.15) is 18.5 Å². The van der Waals surface area contributed by atoms with Gasteiger partial charge in [0.25, 0.3) is 0 Å². The zero-order chi connectivity index (χ0) is 12.3. The fourth-order valence-corrected chi connectivity index (χ4v) is 3.23. The Morgan fingerprint density at radius 2 is 2.06 bits per heavy atom. The van der Waals surface area contributed by atoms with Gasteiger partial charge in [0, 0.05) is 30.6 Å². The second kappa shape index (κ2) is 5.98. The number of anilines is 1. The molecule has 2 rings (SSSR count). The lowest BCUT2D eigenvalue weighted by molar-refractivity contribution is 0.652. The van der Waals surface area contributed by atoms with E-state index in [9.17, 15) is 0 Å². The van der Waals surface area contributed by atoms with Crippen LogP contribution < -0.4 is 10.2 Å². The summed E-state index contributed by atoms with van der Waals surface area (Å²) >= 11 is 8.40. The van der Waals surface area contributed by atoms with E-state index in [-0.39, 0.29) is 0 Å². The third kappa shape index (κ3) is 3.09. The van der Waals surface area contributed by atoms with E-state index in [1.807, 2.05) is 18.8 Å². The van der Waals surface area contributed by atoms with Crippen molar-refractivity contribution >= 4 is 29.1 Å². The van der Waals surface area contributed by atoms with Crippen LogP contribution in [0.15, 0.2) is 18.2 Å². The van der Waals surface area contributed by atoms with Crippen LogP contribution in [0, 0.1) is 0 Å². The number of thioether (sulfide) groups is 1. The van der Waals surface area contributed by atoms with E-state index in [0.717, 1.165) is 18.1 Å². The van der Waals surface area contributed by atoms with E-state index < -0.39 is 0 Å². The molecule has 0 radical (unpaired) electrons. The van der Waals surface area contributed by atoms with Gasteiger partial charge in [0.1, 0.15) is 0 Å². The number of halogens is 1. The molecule has 1 unspecified atom stereocenters. The van der Waals surface area contributed by atoms with Gasteiger partial charge in [-0.25, -0.2) is 0 Å².